The van der Waals surface area contributed by atoms with Crippen molar-refractivity contribution in [2.45, 2.75) is 26.3 Å². The highest BCUT2D eigenvalue weighted by molar-refractivity contribution is 9.10. The van der Waals surface area contributed by atoms with E-state index in [0.717, 1.165) is 27.8 Å². The van der Waals surface area contributed by atoms with E-state index in [1.807, 2.05) is 19.9 Å². The summed E-state index contributed by atoms with van der Waals surface area (Å²) in [7, 11) is 0. The lowest BCUT2D eigenvalue weighted by Crippen LogP contribution is -2.30. The van der Waals surface area contributed by atoms with E-state index in [9.17, 15) is 0 Å². The molecule has 3 nitrogen and oxygen atoms in total. The quantitative estimate of drug-likeness (QED) is 0.670. The second-order valence-corrected chi connectivity index (χ2v) is 6.19. The lowest BCUT2D eigenvalue weighted by molar-refractivity contribution is 0.550. The first-order valence-electron chi connectivity index (χ1n) is 5.73. The summed E-state index contributed by atoms with van der Waals surface area (Å²) in [6.07, 6.45) is 0.873. The number of nitrogens with zero attached hydrogens (tertiary/aromatic N) is 1. The van der Waals surface area contributed by atoms with Crippen LogP contribution in [0.25, 0.3) is 0 Å². The minimum atomic E-state index is 0.101. The molecule has 2 aromatic heterocycles. The maximum atomic E-state index is 5.68. The molecule has 2 heterocycles. The van der Waals surface area contributed by atoms with Crippen LogP contribution in [0.4, 0.5) is 0 Å². The standard InChI is InChI=1S/C13H16BrN3S/c1-8-3-4-12(9(2)16-8)13(17-15)6-11-5-10(14)7-18-11/h3-5,7,13,17H,6,15H2,1-2H3. The van der Waals surface area contributed by atoms with Crippen molar-refractivity contribution < 1.29 is 0 Å². The van der Waals surface area contributed by atoms with Crippen LogP contribution in [-0.4, -0.2) is 4.98 Å². The number of rotatable bonds is 4. The Kier molecular flexibility index (Phi) is 4.50. The highest BCUT2D eigenvalue weighted by Crippen LogP contribution is 2.26. The van der Waals surface area contributed by atoms with E-state index in [4.69, 9.17) is 5.84 Å². The number of aromatic nitrogens is 1. The molecule has 0 bridgehead atoms. The Labute approximate surface area is 120 Å². The van der Waals surface area contributed by atoms with Gasteiger partial charge in [-0.25, -0.2) is 0 Å². The molecule has 0 saturated carbocycles. The van der Waals surface area contributed by atoms with Crippen LogP contribution in [0.5, 0.6) is 0 Å². The number of thiophene rings is 1. The summed E-state index contributed by atoms with van der Waals surface area (Å²) in [6.45, 7) is 4.02. The third-order valence-corrected chi connectivity index (χ3v) is 4.59. The van der Waals surface area contributed by atoms with Crippen LogP contribution in [0.15, 0.2) is 28.1 Å². The molecule has 0 aliphatic carbocycles. The Morgan fingerprint density at radius 2 is 2.22 bits per heavy atom. The molecule has 0 aromatic carbocycles. The zero-order valence-corrected chi connectivity index (χ0v) is 12.8. The monoisotopic (exact) mass is 325 g/mol. The van der Waals surface area contributed by atoms with E-state index < -0.39 is 0 Å². The van der Waals surface area contributed by atoms with Crippen molar-refractivity contribution in [3.8, 4) is 0 Å². The Morgan fingerprint density at radius 3 is 2.78 bits per heavy atom. The fourth-order valence-corrected chi connectivity index (χ4v) is 3.48. The number of nitrogens with two attached hydrogens (primary N) is 1. The molecule has 1 atom stereocenters. The van der Waals surface area contributed by atoms with E-state index in [-0.39, 0.29) is 6.04 Å². The molecule has 0 aliphatic rings. The second kappa shape index (κ2) is 5.93. The summed E-state index contributed by atoms with van der Waals surface area (Å²) in [5.74, 6) is 5.68. The molecule has 0 radical (unpaired) electrons. The van der Waals surface area contributed by atoms with Gasteiger partial charge in [0, 0.05) is 32.5 Å². The van der Waals surface area contributed by atoms with Crippen molar-refractivity contribution in [3.05, 3.63) is 49.9 Å². The maximum absolute atomic E-state index is 5.68. The van der Waals surface area contributed by atoms with Crippen molar-refractivity contribution in [2.24, 2.45) is 5.84 Å². The van der Waals surface area contributed by atoms with Gasteiger partial charge in [-0.1, -0.05) is 6.07 Å². The SMILES string of the molecule is Cc1ccc(C(Cc2cc(Br)cs2)NN)c(C)n1. The minimum absolute atomic E-state index is 0.101. The number of halogens is 1. The number of pyridine rings is 1. The molecular weight excluding hydrogens is 310 g/mol. The summed E-state index contributed by atoms with van der Waals surface area (Å²) >= 11 is 5.20. The van der Waals surface area contributed by atoms with Gasteiger partial charge in [-0.15, -0.1) is 11.3 Å². The van der Waals surface area contributed by atoms with Gasteiger partial charge in [0.2, 0.25) is 0 Å². The first kappa shape index (κ1) is 13.7. The first-order valence-corrected chi connectivity index (χ1v) is 7.40. The molecule has 0 fully saturated rings. The average molecular weight is 326 g/mol. The summed E-state index contributed by atoms with van der Waals surface area (Å²) < 4.78 is 1.12. The number of hydrogen-bond donors (Lipinski definition) is 2. The van der Waals surface area contributed by atoms with Crippen molar-refractivity contribution >= 4 is 27.3 Å². The van der Waals surface area contributed by atoms with E-state index in [1.165, 1.54) is 4.88 Å². The number of hydrogen-bond acceptors (Lipinski definition) is 4. The largest absolute Gasteiger partial charge is 0.271 e. The molecule has 18 heavy (non-hydrogen) atoms. The van der Waals surface area contributed by atoms with E-state index in [0.29, 0.717) is 0 Å². The van der Waals surface area contributed by atoms with Gasteiger partial charge in [-0.3, -0.25) is 16.3 Å². The fraction of sp³-hybridized carbons (Fsp3) is 0.308. The smallest absolute Gasteiger partial charge is 0.0526 e. The van der Waals surface area contributed by atoms with Crippen LogP contribution in [0.3, 0.4) is 0 Å². The molecular formula is C13H16BrN3S. The highest BCUT2D eigenvalue weighted by Gasteiger charge is 2.14. The zero-order valence-electron chi connectivity index (χ0n) is 10.4. The van der Waals surface area contributed by atoms with Gasteiger partial charge in [-0.2, -0.15) is 0 Å². The molecule has 1 unspecified atom stereocenters. The molecule has 96 valence electrons. The first-order chi connectivity index (χ1) is 8.60. The Hall–Kier alpha value is -0.750. The van der Waals surface area contributed by atoms with E-state index >= 15 is 0 Å². The third kappa shape index (κ3) is 3.17. The van der Waals surface area contributed by atoms with Crippen LogP contribution in [-0.2, 0) is 6.42 Å². The van der Waals surface area contributed by atoms with Crippen LogP contribution < -0.4 is 11.3 Å². The van der Waals surface area contributed by atoms with E-state index in [1.54, 1.807) is 11.3 Å². The van der Waals surface area contributed by atoms with Crippen LogP contribution >= 0.6 is 27.3 Å². The summed E-state index contributed by atoms with van der Waals surface area (Å²) in [6, 6.07) is 6.36. The fourth-order valence-electron chi connectivity index (χ4n) is 1.99. The molecule has 3 N–H and O–H groups in total. The number of aryl methyl sites for hydroxylation is 2. The zero-order chi connectivity index (χ0) is 13.1. The predicted molar refractivity (Wildman–Crippen MR) is 79.5 cm³/mol. The van der Waals surface area contributed by atoms with Gasteiger partial charge in [-0.05, 0) is 47.5 Å². The lowest BCUT2D eigenvalue weighted by Gasteiger charge is -2.17. The lowest BCUT2D eigenvalue weighted by atomic mass is 10.0. The topological polar surface area (TPSA) is 50.9 Å². The summed E-state index contributed by atoms with van der Waals surface area (Å²) in [5.41, 5.74) is 6.12. The second-order valence-electron chi connectivity index (χ2n) is 4.28. The molecule has 0 aliphatic heterocycles. The number of hydrazine groups is 1. The third-order valence-electron chi connectivity index (χ3n) is 2.87. The highest BCUT2D eigenvalue weighted by atomic mass is 79.9. The van der Waals surface area contributed by atoms with Crippen molar-refractivity contribution in [1.29, 1.82) is 0 Å². The van der Waals surface area contributed by atoms with E-state index in [2.05, 4.69) is 43.9 Å². The van der Waals surface area contributed by atoms with Crippen LogP contribution in [0, 0.1) is 13.8 Å². The van der Waals surface area contributed by atoms with Gasteiger partial charge in [0.25, 0.3) is 0 Å². The Balaban J connectivity index is 2.22. The van der Waals surface area contributed by atoms with Crippen molar-refractivity contribution in [1.82, 2.24) is 10.4 Å². The Bertz CT molecular complexity index is 539. The molecule has 2 aromatic rings. The van der Waals surface area contributed by atoms with Gasteiger partial charge in [0.15, 0.2) is 0 Å². The van der Waals surface area contributed by atoms with Crippen molar-refractivity contribution in [2.75, 3.05) is 0 Å². The molecule has 0 amide bonds. The summed E-state index contributed by atoms with van der Waals surface area (Å²) in [5, 5.41) is 2.09. The van der Waals surface area contributed by atoms with Crippen molar-refractivity contribution in [3.63, 3.8) is 0 Å². The number of nitrogens with one attached hydrogen (secondary N) is 1. The van der Waals surface area contributed by atoms with Gasteiger partial charge >= 0.3 is 0 Å². The average Bonchev–Trinajstić information content (AvgIpc) is 2.72. The Morgan fingerprint density at radius 1 is 1.44 bits per heavy atom. The molecule has 5 heteroatoms. The molecule has 2 rings (SSSR count). The summed E-state index contributed by atoms with van der Waals surface area (Å²) in [4.78, 5) is 5.78. The maximum Gasteiger partial charge on any atom is 0.0526 e. The molecule has 0 spiro atoms. The van der Waals surface area contributed by atoms with Gasteiger partial charge < -0.3 is 0 Å². The predicted octanol–water partition coefficient (Wildman–Crippen LogP) is 3.27. The van der Waals surface area contributed by atoms with Gasteiger partial charge in [0.1, 0.15) is 0 Å². The van der Waals surface area contributed by atoms with Crippen LogP contribution in [0.1, 0.15) is 27.9 Å². The van der Waals surface area contributed by atoms with Gasteiger partial charge in [0.05, 0.1) is 6.04 Å². The van der Waals surface area contributed by atoms with Crippen LogP contribution in [0.2, 0.25) is 0 Å². The normalized spacial score (nSPS) is 12.7. The minimum Gasteiger partial charge on any atom is -0.271 e. The molecule has 0 saturated heterocycles.